The maximum absolute atomic E-state index is 11.8. The molecule has 0 saturated carbocycles. The molecule has 2 N–H and O–H groups in total. The Bertz CT molecular complexity index is 851. The highest BCUT2D eigenvalue weighted by atomic mass is 16.5. The van der Waals surface area contributed by atoms with Gasteiger partial charge in [-0.25, -0.2) is 4.79 Å². The molecule has 0 aromatic heterocycles. The van der Waals surface area contributed by atoms with Crippen molar-refractivity contribution in [2.45, 2.75) is 26.7 Å². The molecule has 0 fully saturated rings. The molecule has 0 radical (unpaired) electrons. The van der Waals surface area contributed by atoms with Gasteiger partial charge in [-0.3, -0.25) is 20.4 Å². The maximum atomic E-state index is 11.8. The fraction of sp³-hybridized carbons (Fsp3) is 0.318. The number of hydrazine groups is 1. The first kappa shape index (κ1) is 22.7. The highest BCUT2D eigenvalue weighted by Gasteiger charge is 2.09. The van der Waals surface area contributed by atoms with Gasteiger partial charge < -0.3 is 14.2 Å². The molecule has 8 heteroatoms. The average molecular weight is 414 g/mol. The predicted molar refractivity (Wildman–Crippen MR) is 110 cm³/mol. The predicted octanol–water partition coefficient (Wildman–Crippen LogP) is 2.42. The lowest BCUT2D eigenvalue weighted by atomic mass is 10.2. The summed E-state index contributed by atoms with van der Waals surface area (Å²) in [5.41, 5.74) is 6.00. The zero-order valence-corrected chi connectivity index (χ0v) is 17.1. The smallest absolute Gasteiger partial charge is 0.338 e. The van der Waals surface area contributed by atoms with Crippen LogP contribution >= 0.6 is 0 Å². The number of rotatable bonds is 10. The monoisotopic (exact) mass is 414 g/mol. The van der Waals surface area contributed by atoms with Crippen LogP contribution in [0, 0.1) is 0 Å². The van der Waals surface area contributed by atoms with Gasteiger partial charge in [-0.15, -0.1) is 0 Å². The minimum atomic E-state index is -0.539. The fourth-order valence-electron chi connectivity index (χ4n) is 2.33. The molecular weight excluding hydrogens is 388 g/mol. The second kappa shape index (κ2) is 12.1. The molecule has 0 aliphatic rings. The number of aryl methyl sites for hydroxylation is 1. The summed E-state index contributed by atoms with van der Waals surface area (Å²) in [4.78, 5) is 35.3. The van der Waals surface area contributed by atoms with Crippen molar-refractivity contribution >= 4 is 17.8 Å². The Kier molecular flexibility index (Phi) is 9.18. The normalized spacial score (nSPS) is 10.1. The average Bonchev–Trinajstić information content (AvgIpc) is 2.78. The minimum Gasteiger partial charge on any atom is -0.484 e. The van der Waals surface area contributed by atoms with Gasteiger partial charge in [0.15, 0.2) is 13.2 Å². The van der Waals surface area contributed by atoms with Crippen LogP contribution in [0.1, 0.15) is 36.2 Å². The number of benzene rings is 2. The van der Waals surface area contributed by atoms with Gasteiger partial charge in [-0.1, -0.05) is 26.0 Å². The van der Waals surface area contributed by atoms with Crippen molar-refractivity contribution in [3.8, 4) is 11.5 Å². The lowest BCUT2D eigenvalue weighted by molar-refractivity contribution is -0.131. The topological polar surface area (TPSA) is 103 Å². The standard InChI is InChI=1S/C22H26N2O6/c1-3-12-28-22(27)17-8-10-18(11-9-17)29-14-20(25)23-24-21(26)15-30-19-7-5-6-16(4-2)13-19/h5-11,13H,3-4,12,14-15H2,1-2H3,(H,23,25)(H,24,26). The van der Waals surface area contributed by atoms with Gasteiger partial charge in [0, 0.05) is 0 Å². The third kappa shape index (κ3) is 7.83. The van der Waals surface area contributed by atoms with Gasteiger partial charge in [-0.2, -0.15) is 0 Å². The van der Waals surface area contributed by atoms with Crippen LogP contribution in [-0.2, 0) is 20.7 Å². The molecule has 8 nitrogen and oxygen atoms in total. The van der Waals surface area contributed by atoms with Gasteiger partial charge in [0.1, 0.15) is 11.5 Å². The zero-order valence-electron chi connectivity index (χ0n) is 17.1. The van der Waals surface area contributed by atoms with Crippen LogP contribution in [0.15, 0.2) is 48.5 Å². The van der Waals surface area contributed by atoms with Crippen molar-refractivity contribution in [2.75, 3.05) is 19.8 Å². The van der Waals surface area contributed by atoms with Crippen LogP contribution in [0.5, 0.6) is 11.5 Å². The quantitative estimate of drug-likeness (QED) is 0.457. The van der Waals surface area contributed by atoms with Crippen molar-refractivity contribution in [3.05, 3.63) is 59.7 Å². The lowest BCUT2D eigenvalue weighted by Crippen LogP contribution is -2.45. The van der Waals surface area contributed by atoms with E-state index >= 15 is 0 Å². The van der Waals surface area contributed by atoms with E-state index in [1.54, 1.807) is 30.3 Å². The van der Waals surface area contributed by atoms with Crippen molar-refractivity contribution < 1.29 is 28.6 Å². The molecule has 2 amide bonds. The van der Waals surface area contributed by atoms with Crippen molar-refractivity contribution in [2.24, 2.45) is 0 Å². The SMILES string of the molecule is CCCOC(=O)c1ccc(OCC(=O)NNC(=O)COc2cccc(CC)c2)cc1. The second-order valence-corrected chi connectivity index (χ2v) is 6.33. The zero-order chi connectivity index (χ0) is 21.8. The second-order valence-electron chi connectivity index (χ2n) is 6.33. The van der Waals surface area contributed by atoms with E-state index in [-0.39, 0.29) is 13.2 Å². The van der Waals surface area contributed by atoms with E-state index in [4.69, 9.17) is 14.2 Å². The number of hydrogen-bond acceptors (Lipinski definition) is 6. The summed E-state index contributed by atoms with van der Waals surface area (Å²) in [7, 11) is 0. The number of amides is 2. The summed E-state index contributed by atoms with van der Waals surface area (Å²) in [6.07, 6.45) is 1.61. The molecule has 0 heterocycles. The fourth-order valence-corrected chi connectivity index (χ4v) is 2.33. The molecule has 0 unspecified atom stereocenters. The summed E-state index contributed by atoms with van der Waals surface area (Å²) < 4.78 is 15.8. The number of hydrogen-bond donors (Lipinski definition) is 2. The molecule has 0 atom stereocenters. The summed E-state index contributed by atoms with van der Waals surface area (Å²) >= 11 is 0. The van der Waals surface area contributed by atoms with E-state index in [1.807, 2.05) is 32.0 Å². The van der Waals surface area contributed by atoms with Gasteiger partial charge in [0.05, 0.1) is 12.2 Å². The molecule has 2 aromatic carbocycles. The number of carbonyl (C=O) groups excluding carboxylic acids is 3. The van der Waals surface area contributed by atoms with Crippen LogP contribution in [0.3, 0.4) is 0 Å². The molecule has 2 rings (SSSR count). The van der Waals surface area contributed by atoms with E-state index < -0.39 is 17.8 Å². The van der Waals surface area contributed by atoms with Gasteiger partial charge in [-0.05, 0) is 54.8 Å². The summed E-state index contributed by atoms with van der Waals surface area (Å²) in [5.74, 6) is -0.459. The molecule has 2 aromatic rings. The highest BCUT2D eigenvalue weighted by Crippen LogP contribution is 2.14. The summed E-state index contributed by atoms with van der Waals surface area (Å²) in [6, 6.07) is 13.7. The third-order valence-corrected chi connectivity index (χ3v) is 3.92. The van der Waals surface area contributed by atoms with Crippen LogP contribution in [0.2, 0.25) is 0 Å². The van der Waals surface area contributed by atoms with E-state index in [0.29, 0.717) is 23.7 Å². The van der Waals surface area contributed by atoms with E-state index in [1.165, 1.54) is 0 Å². The molecule has 160 valence electrons. The lowest BCUT2D eigenvalue weighted by Gasteiger charge is -2.10. The van der Waals surface area contributed by atoms with Gasteiger partial charge >= 0.3 is 5.97 Å². The Balaban J connectivity index is 1.67. The van der Waals surface area contributed by atoms with Crippen LogP contribution in [-0.4, -0.2) is 37.6 Å². The number of nitrogens with one attached hydrogen (secondary N) is 2. The van der Waals surface area contributed by atoms with Crippen LogP contribution < -0.4 is 20.3 Å². The molecule has 0 aliphatic heterocycles. The minimum absolute atomic E-state index is 0.232. The van der Waals surface area contributed by atoms with Crippen LogP contribution in [0.4, 0.5) is 0 Å². The van der Waals surface area contributed by atoms with E-state index in [2.05, 4.69) is 10.9 Å². The maximum Gasteiger partial charge on any atom is 0.338 e. The Morgan fingerprint density at radius 2 is 1.47 bits per heavy atom. The van der Waals surface area contributed by atoms with E-state index in [9.17, 15) is 14.4 Å². The Morgan fingerprint density at radius 1 is 0.833 bits per heavy atom. The van der Waals surface area contributed by atoms with Crippen molar-refractivity contribution in [1.29, 1.82) is 0 Å². The number of carbonyl (C=O) groups is 3. The van der Waals surface area contributed by atoms with Crippen molar-refractivity contribution in [1.82, 2.24) is 10.9 Å². The molecule has 30 heavy (non-hydrogen) atoms. The molecule has 0 bridgehead atoms. The summed E-state index contributed by atoms with van der Waals surface area (Å²) in [6.45, 7) is 3.76. The number of esters is 1. The largest absolute Gasteiger partial charge is 0.484 e. The first-order chi connectivity index (χ1) is 14.5. The summed E-state index contributed by atoms with van der Waals surface area (Å²) in [5, 5.41) is 0. The molecule has 0 saturated heterocycles. The van der Waals surface area contributed by atoms with Crippen LogP contribution in [0.25, 0.3) is 0 Å². The van der Waals surface area contributed by atoms with E-state index in [0.717, 1.165) is 18.4 Å². The van der Waals surface area contributed by atoms with Gasteiger partial charge in [0.2, 0.25) is 0 Å². The first-order valence-corrected chi connectivity index (χ1v) is 9.71. The van der Waals surface area contributed by atoms with Gasteiger partial charge in [0.25, 0.3) is 11.8 Å². The van der Waals surface area contributed by atoms with Crippen molar-refractivity contribution in [3.63, 3.8) is 0 Å². The molecule has 0 spiro atoms. The Hall–Kier alpha value is -3.55. The molecule has 0 aliphatic carbocycles. The number of ether oxygens (including phenoxy) is 3. The highest BCUT2D eigenvalue weighted by molar-refractivity contribution is 5.89. The first-order valence-electron chi connectivity index (χ1n) is 9.71. The molecular formula is C22H26N2O6. The third-order valence-electron chi connectivity index (χ3n) is 3.92. The Morgan fingerprint density at radius 3 is 2.07 bits per heavy atom. The Labute approximate surface area is 175 Å².